The van der Waals surface area contributed by atoms with Crippen molar-refractivity contribution in [1.82, 2.24) is 14.4 Å². The molecule has 2 rings (SSSR count). The minimum Gasteiger partial charge on any atom is -0.330 e. The molecule has 0 radical (unpaired) electrons. The molecule has 2 heterocycles. The van der Waals surface area contributed by atoms with Gasteiger partial charge in [-0.05, 0) is 25.8 Å². The Morgan fingerprint density at radius 2 is 2.18 bits per heavy atom. The molecule has 2 N–H and O–H groups in total. The number of hydrogen-bond acceptors (Lipinski definition) is 3. The van der Waals surface area contributed by atoms with Gasteiger partial charge in [-0.3, -0.25) is 4.40 Å². The van der Waals surface area contributed by atoms with E-state index in [1.807, 2.05) is 19.3 Å². The topological polar surface area (TPSA) is 56.2 Å². The Bertz CT molecular complexity index is 513. The van der Waals surface area contributed by atoms with Crippen LogP contribution in [0, 0.1) is 12.8 Å². The van der Waals surface area contributed by atoms with Crippen LogP contribution >= 0.6 is 0 Å². The van der Waals surface area contributed by atoms with Crippen LogP contribution in [-0.2, 0) is 12.8 Å². The highest BCUT2D eigenvalue weighted by Gasteiger charge is 2.10. The van der Waals surface area contributed by atoms with Gasteiger partial charge < -0.3 is 5.73 Å². The lowest BCUT2D eigenvalue weighted by Crippen LogP contribution is -2.02. The van der Waals surface area contributed by atoms with Gasteiger partial charge in [0, 0.05) is 24.4 Å². The summed E-state index contributed by atoms with van der Waals surface area (Å²) in [4.78, 5) is 9.08. The average Bonchev–Trinajstić information content (AvgIpc) is 2.67. The first kappa shape index (κ1) is 12.0. The maximum absolute atomic E-state index is 5.57. The minimum atomic E-state index is 0.609. The van der Waals surface area contributed by atoms with Crippen molar-refractivity contribution in [1.29, 1.82) is 0 Å². The summed E-state index contributed by atoms with van der Waals surface area (Å²) < 4.78 is 2.07. The van der Waals surface area contributed by atoms with E-state index in [2.05, 4.69) is 28.2 Å². The summed E-state index contributed by atoms with van der Waals surface area (Å²) in [5, 5.41) is 0. The monoisotopic (exact) mass is 232 g/mol. The summed E-state index contributed by atoms with van der Waals surface area (Å²) in [7, 11) is 0. The summed E-state index contributed by atoms with van der Waals surface area (Å²) in [5.41, 5.74) is 8.88. The molecule has 0 aromatic carbocycles. The largest absolute Gasteiger partial charge is 0.330 e. The van der Waals surface area contributed by atoms with Crippen molar-refractivity contribution in [3.8, 4) is 0 Å². The molecule has 0 spiro atoms. The molecule has 0 saturated carbocycles. The van der Waals surface area contributed by atoms with E-state index in [9.17, 15) is 0 Å². The normalized spacial score (nSPS) is 11.6. The van der Waals surface area contributed by atoms with Gasteiger partial charge in [-0.1, -0.05) is 13.8 Å². The zero-order chi connectivity index (χ0) is 12.4. The van der Waals surface area contributed by atoms with Gasteiger partial charge in [-0.2, -0.15) is 0 Å². The van der Waals surface area contributed by atoms with Gasteiger partial charge in [-0.15, -0.1) is 0 Å². The second-order valence-corrected chi connectivity index (χ2v) is 4.89. The highest BCUT2D eigenvalue weighted by atomic mass is 15.1. The van der Waals surface area contributed by atoms with Crippen LogP contribution in [0.4, 0.5) is 0 Å². The summed E-state index contributed by atoms with van der Waals surface area (Å²) in [6.45, 7) is 7.05. The van der Waals surface area contributed by atoms with Crippen molar-refractivity contribution in [3.63, 3.8) is 0 Å². The number of aryl methyl sites for hydroxylation is 1. The lowest BCUT2D eigenvalue weighted by atomic mass is 10.1. The highest BCUT2D eigenvalue weighted by molar-refractivity contribution is 5.48. The van der Waals surface area contributed by atoms with Gasteiger partial charge in [0.1, 0.15) is 11.5 Å². The van der Waals surface area contributed by atoms with Crippen LogP contribution in [0.25, 0.3) is 5.65 Å². The van der Waals surface area contributed by atoms with Gasteiger partial charge in [0.15, 0.2) is 0 Å². The van der Waals surface area contributed by atoms with Crippen LogP contribution in [0.15, 0.2) is 12.4 Å². The third-order valence-corrected chi connectivity index (χ3v) is 2.83. The molecular weight excluding hydrogens is 212 g/mol. The second kappa shape index (κ2) is 4.84. The van der Waals surface area contributed by atoms with Crippen molar-refractivity contribution in [2.45, 2.75) is 33.6 Å². The fourth-order valence-electron chi connectivity index (χ4n) is 2.05. The standard InChI is InChI=1S/C13H20N4/c1-9(2)6-11-7-15-10(3)17-8-12(4-5-14)16-13(11)17/h7-9H,4-6,14H2,1-3H3. The quantitative estimate of drug-likeness (QED) is 0.873. The molecule has 17 heavy (non-hydrogen) atoms. The van der Waals surface area contributed by atoms with E-state index < -0.39 is 0 Å². The predicted molar refractivity (Wildman–Crippen MR) is 69.0 cm³/mol. The Hall–Kier alpha value is -1.42. The number of imidazole rings is 1. The molecule has 0 aliphatic rings. The van der Waals surface area contributed by atoms with Crippen LogP contribution < -0.4 is 5.73 Å². The number of fused-ring (bicyclic) bond motifs is 1. The molecule has 0 aliphatic heterocycles. The van der Waals surface area contributed by atoms with Crippen LogP contribution in [0.3, 0.4) is 0 Å². The van der Waals surface area contributed by atoms with Crippen molar-refractivity contribution in [2.24, 2.45) is 11.7 Å². The average molecular weight is 232 g/mol. The third-order valence-electron chi connectivity index (χ3n) is 2.83. The van der Waals surface area contributed by atoms with Crippen molar-refractivity contribution < 1.29 is 0 Å². The molecule has 0 bridgehead atoms. The number of nitrogens with zero attached hydrogens (tertiary/aromatic N) is 3. The molecule has 0 atom stereocenters. The second-order valence-electron chi connectivity index (χ2n) is 4.89. The van der Waals surface area contributed by atoms with E-state index in [-0.39, 0.29) is 0 Å². The van der Waals surface area contributed by atoms with Gasteiger partial charge >= 0.3 is 0 Å². The van der Waals surface area contributed by atoms with Gasteiger partial charge in [0.2, 0.25) is 0 Å². The maximum atomic E-state index is 5.57. The summed E-state index contributed by atoms with van der Waals surface area (Å²) in [6.07, 6.45) is 5.83. The van der Waals surface area contributed by atoms with Crippen LogP contribution in [0.5, 0.6) is 0 Å². The maximum Gasteiger partial charge on any atom is 0.143 e. The lowest BCUT2D eigenvalue weighted by molar-refractivity contribution is 0.645. The number of nitrogens with two attached hydrogens (primary N) is 1. The van der Waals surface area contributed by atoms with E-state index in [0.717, 1.165) is 30.0 Å². The molecule has 2 aromatic rings. The summed E-state index contributed by atoms with van der Waals surface area (Å²) in [6, 6.07) is 0. The van der Waals surface area contributed by atoms with Gasteiger partial charge in [0.05, 0.1) is 5.69 Å². The Balaban J connectivity index is 2.50. The van der Waals surface area contributed by atoms with Gasteiger partial charge in [0.25, 0.3) is 0 Å². The molecule has 2 aromatic heterocycles. The Kier molecular flexibility index (Phi) is 3.43. The summed E-state index contributed by atoms with van der Waals surface area (Å²) >= 11 is 0. The third kappa shape index (κ3) is 2.47. The molecule has 4 nitrogen and oxygen atoms in total. The van der Waals surface area contributed by atoms with Crippen LogP contribution in [0.2, 0.25) is 0 Å². The molecular formula is C13H20N4. The molecule has 4 heteroatoms. The first-order valence-electron chi connectivity index (χ1n) is 6.14. The number of aromatic nitrogens is 3. The van der Waals surface area contributed by atoms with E-state index >= 15 is 0 Å². The Morgan fingerprint density at radius 3 is 2.82 bits per heavy atom. The van der Waals surface area contributed by atoms with E-state index in [0.29, 0.717) is 12.5 Å². The minimum absolute atomic E-state index is 0.609. The van der Waals surface area contributed by atoms with Gasteiger partial charge in [-0.25, -0.2) is 9.97 Å². The van der Waals surface area contributed by atoms with Crippen molar-refractivity contribution >= 4 is 5.65 Å². The number of hydrogen-bond donors (Lipinski definition) is 1. The zero-order valence-electron chi connectivity index (χ0n) is 10.8. The predicted octanol–water partition coefficient (Wildman–Crippen LogP) is 1.74. The van der Waals surface area contributed by atoms with E-state index in [1.165, 1.54) is 5.56 Å². The Labute approximate surface area is 102 Å². The van der Waals surface area contributed by atoms with Crippen molar-refractivity contribution in [2.75, 3.05) is 6.54 Å². The molecule has 0 saturated heterocycles. The summed E-state index contributed by atoms with van der Waals surface area (Å²) in [5.74, 6) is 1.58. The smallest absolute Gasteiger partial charge is 0.143 e. The molecule has 0 fully saturated rings. The molecule has 0 amide bonds. The molecule has 0 aliphatic carbocycles. The Morgan fingerprint density at radius 1 is 1.41 bits per heavy atom. The fourth-order valence-corrected chi connectivity index (χ4v) is 2.05. The molecule has 0 unspecified atom stereocenters. The van der Waals surface area contributed by atoms with E-state index in [4.69, 9.17) is 5.73 Å². The zero-order valence-corrected chi connectivity index (χ0v) is 10.8. The van der Waals surface area contributed by atoms with Crippen LogP contribution in [0.1, 0.15) is 30.9 Å². The SMILES string of the molecule is Cc1ncc(CC(C)C)c2nc(CCN)cn12. The fraction of sp³-hybridized carbons (Fsp3) is 0.538. The lowest BCUT2D eigenvalue weighted by Gasteiger charge is -2.07. The first-order chi connectivity index (χ1) is 8.11. The number of rotatable bonds is 4. The molecule has 92 valence electrons. The highest BCUT2D eigenvalue weighted by Crippen LogP contribution is 2.16. The van der Waals surface area contributed by atoms with E-state index in [1.54, 1.807) is 0 Å². The first-order valence-corrected chi connectivity index (χ1v) is 6.14. The van der Waals surface area contributed by atoms with Crippen molar-refractivity contribution in [3.05, 3.63) is 29.5 Å². The van der Waals surface area contributed by atoms with Crippen LogP contribution in [-0.4, -0.2) is 20.9 Å².